The van der Waals surface area contributed by atoms with Gasteiger partial charge in [-0.2, -0.15) is 0 Å². The molecule has 0 bridgehead atoms. The summed E-state index contributed by atoms with van der Waals surface area (Å²) in [4.78, 5) is 26.2. The molecule has 1 amide bonds. The summed E-state index contributed by atoms with van der Waals surface area (Å²) in [6.45, 7) is 2.78. The highest BCUT2D eigenvalue weighted by molar-refractivity contribution is 5.81. The van der Waals surface area contributed by atoms with Gasteiger partial charge in [-0.3, -0.25) is 13.9 Å². The van der Waals surface area contributed by atoms with Gasteiger partial charge in [0.1, 0.15) is 6.54 Å². The molecule has 21 heavy (non-hydrogen) atoms. The average Bonchev–Trinajstić information content (AvgIpc) is 2.72. The van der Waals surface area contributed by atoms with Crippen molar-refractivity contribution in [3.63, 3.8) is 0 Å². The van der Waals surface area contributed by atoms with E-state index in [1.54, 1.807) is 16.5 Å². The highest BCUT2D eigenvalue weighted by Gasteiger charge is 2.17. The fourth-order valence-corrected chi connectivity index (χ4v) is 2.50. The maximum atomic E-state index is 12.3. The molecule has 0 aliphatic carbocycles. The molecule has 2 aromatic rings. The zero-order chi connectivity index (χ0) is 15.4. The Bertz CT molecular complexity index is 681. The zero-order valence-electron chi connectivity index (χ0n) is 12.5. The molecule has 0 fully saturated rings. The number of carbonyl (C=O) groups excluding carboxylic acids is 1. The summed E-state index contributed by atoms with van der Waals surface area (Å²) in [6.07, 6.45) is 0.816. The summed E-state index contributed by atoms with van der Waals surface area (Å²) >= 11 is 0. The molecule has 0 atom stereocenters. The lowest BCUT2D eigenvalue weighted by Gasteiger charge is -2.21. The Balaban J connectivity index is 2.33. The predicted octanol–water partition coefficient (Wildman–Crippen LogP) is 0.571. The molecule has 0 unspecified atom stereocenters. The van der Waals surface area contributed by atoms with E-state index in [2.05, 4.69) is 0 Å². The van der Waals surface area contributed by atoms with Crippen LogP contribution in [0.4, 0.5) is 0 Å². The second-order valence-electron chi connectivity index (χ2n) is 5.02. The average molecular weight is 291 g/mol. The van der Waals surface area contributed by atoms with Crippen LogP contribution in [-0.2, 0) is 18.4 Å². The molecule has 114 valence electrons. The summed E-state index contributed by atoms with van der Waals surface area (Å²) in [7, 11) is 1.70. The SMILES string of the molecule is CCCN(CCO)C(=O)Cn1c(=O)n(C)c2ccccc21. The zero-order valence-corrected chi connectivity index (χ0v) is 12.5. The van der Waals surface area contributed by atoms with Gasteiger partial charge < -0.3 is 10.0 Å². The van der Waals surface area contributed by atoms with Gasteiger partial charge in [0.25, 0.3) is 0 Å². The van der Waals surface area contributed by atoms with E-state index in [0.29, 0.717) is 13.1 Å². The number of imidazole rings is 1. The number of carbonyl (C=O) groups is 1. The van der Waals surface area contributed by atoms with Crippen LogP contribution in [0.2, 0.25) is 0 Å². The van der Waals surface area contributed by atoms with Gasteiger partial charge in [0.15, 0.2) is 0 Å². The molecule has 0 saturated heterocycles. The van der Waals surface area contributed by atoms with E-state index < -0.39 is 0 Å². The van der Waals surface area contributed by atoms with E-state index in [0.717, 1.165) is 17.5 Å². The number of fused-ring (bicyclic) bond motifs is 1. The normalized spacial score (nSPS) is 11.0. The van der Waals surface area contributed by atoms with Crippen molar-refractivity contribution in [3.05, 3.63) is 34.7 Å². The molecule has 0 spiro atoms. The highest BCUT2D eigenvalue weighted by Crippen LogP contribution is 2.11. The first-order chi connectivity index (χ1) is 10.1. The molecule has 1 aromatic heterocycles. The van der Waals surface area contributed by atoms with Crippen LogP contribution in [-0.4, -0.2) is 44.7 Å². The Morgan fingerprint density at radius 1 is 1.24 bits per heavy atom. The van der Waals surface area contributed by atoms with Crippen LogP contribution in [0.1, 0.15) is 13.3 Å². The Morgan fingerprint density at radius 2 is 1.90 bits per heavy atom. The van der Waals surface area contributed by atoms with Crippen molar-refractivity contribution in [3.8, 4) is 0 Å². The Kier molecular flexibility index (Phi) is 4.80. The number of para-hydroxylation sites is 2. The number of hydrogen-bond acceptors (Lipinski definition) is 3. The molecule has 1 aromatic carbocycles. The van der Waals surface area contributed by atoms with Crippen molar-refractivity contribution in [2.75, 3.05) is 19.7 Å². The fourth-order valence-electron chi connectivity index (χ4n) is 2.50. The lowest BCUT2D eigenvalue weighted by molar-refractivity contribution is -0.132. The molecule has 2 rings (SSSR count). The number of aliphatic hydroxyl groups excluding tert-OH is 1. The van der Waals surface area contributed by atoms with Gasteiger partial charge in [0.05, 0.1) is 17.6 Å². The minimum Gasteiger partial charge on any atom is -0.395 e. The van der Waals surface area contributed by atoms with Crippen molar-refractivity contribution in [1.82, 2.24) is 14.0 Å². The minimum atomic E-state index is -0.204. The molecule has 1 N–H and O–H groups in total. The third-order valence-electron chi connectivity index (χ3n) is 3.56. The summed E-state index contributed by atoms with van der Waals surface area (Å²) in [5.41, 5.74) is 1.35. The van der Waals surface area contributed by atoms with Crippen molar-refractivity contribution in [2.24, 2.45) is 7.05 Å². The summed E-state index contributed by atoms with van der Waals surface area (Å²) in [6, 6.07) is 7.40. The number of aryl methyl sites for hydroxylation is 1. The predicted molar refractivity (Wildman–Crippen MR) is 81.1 cm³/mol. The van der Waals surface area contributed by atoms with Gasteiger partial charge in [-0.05, 0) is 18.6 Å². The number of hydrogen-bond donors (Lipinski definition) is 1. The van der Waals surface area contributed by atoms with Crippen LogP contribution in [0.5, 0.6) is 0 Å². The molecule has 0 radical (unpaired) electrons. The molecule has 6 heteroatoms. The van der Waals surface area contributed by atoms with Crippen LogP contribution in [0.3, 0.4) is 0 Å². The van der Waals surface area contributed by atoms with E-state index in [1.807, 2.05) is 31.2 Å². The minimum absolute atomic E-state index is 0.000185. The summed E-state index contributed by atoms with van der Waals surface area (Å²) < 4.78 is 3.02. The second kappa shape index (κ2) is 6.58. The van der Waals surface area contributed by atoms with Crippen LogP contribution >= 0.6 is 0 Å². The topological polar surface area (TPSA) is 67.5 Å². The summed E-state index contributed by atoms with van der Waals surface area (Å²) in [5, 5.41) is 9.04. The maximum Gasteiger partial charge on any atom is 0.329 e. The number of nitrogens with zero attached hydrogens (tertiary/aromatic N) is 3. The fraction of sp³-hybridized carbons (Fsp3) is 0.467. The van der Waals surface area contributed by atoms with Crippen LogP contribution in [0, 0.1) is 0 Å². The number of benzene rings is 1. The third kappa shape index (κ3) is 3.00. The van der Waals surface area contributed by atoms with Crippen molar-refractivity contribution in [2.45, 2.75) is 19.9 Å². The van der Waals surface area contributed by atoms with Crippen molar-refractivity contribution >= 4 is 16.9 Å². The van der Waals surface area contributed by atoms with E-state index in [-0.39, 0.29) is 24.7 Å². The first-order valence-corrected chi connectivity index (χ1v) is 7.13. The lowest BCUT2D eigenvalue weighted by atomic mass is 10.3. The lowest BCUT2D eigenvalue weighted by Crippen LogP contribution is -2.38. The number of aliphatic hydroxyl groups is 1. The van der Waals surface area contributed by atoms with E-state index >= 15 is 0 Å². The molecule has 0 aliphatic rings. The highest BCUT2D eigenvalue weighted by atomic mass is 16.3. The molecule has 0 aliphatic heterocycles. The second-order valence-corrected chi connectivity index (χ2v) is 5.02. The van der Waals surface area contributed by atoms with Gasteiger partial charge in [-0.25, -0.2) is 4.79 Å². The van der Waals surface area contributed by atoms with Crippen molar-refractivity contribution < 1.29 is 9.90 Å². The van der Waals surface area contributed by atoms with Crippen LogP contribution in [0.15, 0.2) is 29.1 Å². The van der Waals surface area contributed by atoms with Gasteiger partial charge in [0.2, 0.25) is 5.91 Å². The Hall–Kier alpha value is -2.08. The third-order valence-corrected chi connectivity index (χ3v) is 3.56. The first kappa shape index (κ1) is 15.3. The van der Waals surface area contributed by atoms with Crippen LogP contribution < -0.4 is 5.69 Å². The maximum absolute atomic E-state index is 12.3. The number of rotatable bonds is 6. The quantitative estimate of drug-likeness (QED) is 0.846. The molecule has 0 saturated carbocycles. The van der Waals surface area contributed by atoms with E-state index in [9.17, 15) is 9.59 Å². The molecule has 1 heterocycles. The van der Waals surface area contributed by atoms with Gasteiger partial charge in [0, 0.05) is 20.1 Å². The molecule has 6 nitrogen and oxygen atoms in total. The largest absolute Gasteiger partial charge is 0.395 e. The smallest absolute Gasteiger partial charge is 0.329 e. The van der Waals surface area contributed by atoms with Gasteiger partial charge in [-0.15, -0.1) is 0 Å². The first-order valence-electron chi connectivity index (χ1n) is 7.13. The number of amides is 1. The Morgan fingerprint density at radius 3 is 2.52 bits per heavy atom. The molecular formula is C15H21N3O3. The van der Waals surface area contributed by atoms with Gasteiger partial charge >= 0.3 is 5.69 Å². The van der Waals surface area contributed by atoms with Crippen LogP contribution in [0.25, 0.3) is 11.0 Å². The van der Waals surface area contributed by atoms with E-state index in [4.69, 9.17) is 5.11 Å². The standard InChI is InChI=1S/C15H21N3O3/c1-3-8-17(9-10-19)14(20)11-18-13-7-5-4-6-12(13)16(2)15(18)21/h4-7,19H,3,8-11H2,1-2H3. The summed E-state index contributed by atoms with van der Waals surface area (Å²) in [5.74, 6) is -0.149. The Labute approximate surface area is 123 Å². The number of aromatic nitrogens is 2. The van der Waals surface area contributed by atoms with Gasteiger partial charge in [-0.1, -0.05) is 19.1 Å². The molecular weight excluding hydrogens is 270 g/mol. The monoisotopic (exact) mass is 291 g/mol. The van der Waals surface area contributed by atoms with E-state index in [1.165, 1.54) is 4.57 Å². The van der Waals surface area contributed by atoms with Crippen molar-refractivity contribution in [1.29, 1.82) is 0 Å².